The lowest BCUT2D eigenvalue weighted by Crippen LogP contribution is -2.60. The molecule has 0 amide bonds. The molecule has 2 aromatic heterocycles. The standard InChI is InChI=1S/C20H24BrN5O2/c1-24-8-13(21)6-18(20(24)27)23-19-5-4-14(7-22-19)26-15-2-3-16(26)10-25(9-15)17-11-28-12-17/h4-8,15-17H,2-3,9-12H2,1H3,(H,22,23). The Bertz CT molecular complexity index is 913. The molecular formula is C20H24BrN5O2. The first-order valence-electron chi connectivity index (χ1n) is 9.78. The van der Waals surface area contributed by atoms with E-state index in [-0.39, 0.29) is 5.56 Å². The van der Waals surface area contributed by atoms with Crippen LogP contribution in [0.3, 0.4) is 0 Å². The van der Waals surface area contributed by atoms with E-state index in [1.807, 2.05) is 12.3 Å². The average molecular weight is 446 g/mol. The van der Waals surface area contributed by atoms with Crippen LogP contribution in [0.1, 0.15) is 12.8 Å². The van der Waals surface area contributed by atoms with Gasteiger partial charge in [-0.3, -0.25) is 9.69 Å². The van der Waals surface area contributed by atoms with E-state index in [2.05, 4.69) is 42.1 Å². The van der Waals surface area contributed by atoms with Crippen molar-refractivity contribution in [1.29, 1.82) is 0 Å². The Hall–Kier alpha value is -1.90. The van der Waals surface area contributed by atoms with E-state index >= 15 is 0 Å². The lowest BCUT2D eigenvalue weighted by molar-refractivity contribution is -0.0704. The van der Waals surface area contributed by atoms with Crippen molar-refractivity contribution in [3.05, 3.63) is 45.4 Å². The van der Waals surface area contributed by atoms with Gasteiger partial charge in [-0.1, -0.05) is 0 Å². The van der Waals surface area contributed by atoms with Crippen LogP contribution in [-0.4, -0.2) is 58.9 Å². The first-order valence-corrected chi connectivity index (χ1v) is 10.6. The maximum absolute atomic E-state index is 12.3. The Morgan fingerprint density at radius 2 is 1.93 bits per heavy atom. The highest BCUT2D eigenvalue weighted by molar-refractivity contribution is 9.10. The van der Waals surface area contributed by atoms with Crippen LogP contribution < -0.4 is 15.8 Å². The topological polar surface area (TPSA) is 62.6 Å². The summed E-state index contributed by atoms with van der Waals surface area (Å²) in [5.41, 5.74) is 1.60. The third-order valence-electron chi connectivity index (χ3n) is 6.11. The number of anilines is 3. The molecule has 2 atom stereocenters. The van der Waals surface area contributed by atoms with Gasteiger partial charge < -0.3 is 19.5 Å². The largest absolute Gasteiger partial charge is 0.378 e. The summed E-state index contributed by atoms with van der Waals surface area (Å²) in [6, 6.07) is 7.58. The van der Waals surface area contributed by atoms with Gasteiger partial charge in [-0.05, 0) is 47.0 Å². The fourth-order valence-electron chi connectivity index (χ4n) is 4.60. The number of halogens is 1. The molecular weight excluding hydrogens is 422 g/mol. The Morgan fingerprint density at radius 1 is 1.18 bits per heavy atom. The highest BCUT2D eigenvalue weighted by Crippen LogP contribution is 2.36. The Labute approximate surface area is 172 Å². The number of nitrogens with one attached hydrogen (secondary N) is 1. The molecule has 2 unspecified atom stereocenters. The van der Waals surface area contributed by atoms with Gasteiger partial charge in [0, 0.05) is 42.9 Å². The number of fused-ring (bicyclic) bond motifs is 2. The van der Waals surface area contributed by atoms with E-state index in [1.165, 1.54) is 18.5 Å². The second kappa shape index (κ2) is 7.17. The van der Waals surface area contributed by atoms with Crippen molar-refractivity contribution in [2.75, 3.05) is 36.5 Å². The maximum Gasteiger partial charge on any atom is 0.274 e. The van der Waals surface area contributed by atoms with Crippen LogP contribution in [0.4, 0.5) is 17.2 Å². The second-order valence-corrected chi connectivity index (χ2v) is 8.87. The number of rotatable bonds is 4. The molecule has 148 valence electrons. The predicted molar refractivity (Wildman–Crippen MR) is 112 cm³/mol. The predicted octanol–water partition coefficient (Wildman–Crippen LogP) is 2.34. The molecule has 28 heavy (non-hydrogen) atoms. The summed E-state index contributed by atoms with van der Waals surface area (Å²) in [6.45, 7) is 3.99. The third kappa shape index (κ3) is 3.23. The summed E-state index contributed by atoms with van der Waals surface area (Å²) in [5.74, 6) is 0.677. The van der Waals surface area contributed by atoms with E-state index in [0.29, 0.717) is 29.6 Å². The number of aryl methyl sites for hydroxylation is 1. The Balaban J connectivity index is 1.31. The van der Waals surface area contributed by atoms with Crippen molar-refractivity contribution in [2.24, 2.45) is 7.05 Å². The van der Waals surface area contributed by atoms with Crippen molar-refractivity contribution in [3.63, 3.8) is 0 Å². The molecule has 3 aliphatic rings. The SMILES string of the molecule is Cn1cc(Br)cc(Nc2ccc(N3C4CCC3CN(C3COC3)C4)cn2)c1=O. The molecule has 2 aromatic rings. The number of likely N-dealkylation sites (tertiary alicyclic amines) is 1. The first-order chi connectivity index (χ1) is 13.6. The van der Waals surface area contributed by atoms with Gasteiger partial charge in [-0.2, -0.15) is 0 Å². The fraction of sp³-hybridized carbons (Fsp3) is 0.500. The minimum atomic E-state index is -0.0804. The minimum absolute atomic E-state index is 0.0804. The van der Waals surface area contributed by atoms with Crippen LogP contribution in [0.2, 0.25) is 0 Å². The van der Waals surface area contributed by atoms with Crippen LogP contribution in [0.5, 0.6) is 0 Å². The van der Waals surface area contributed by atoms with Crippen molar-refractivity contribution in [1.82, 2.24) is 14.5 Å². The molecule has 0 spiro atoms. The van der Waals surface area contributed by atoms with Crippen molar-refractivity contribution < 1.29 is 4.74 Å². The molecule has 3 fully saturated rings. The van der Waals surface area contributed by atoms with Gasteiger partial charge in [-0.15, -0.1) is 0 Å². The van der Waals surface area contributed by atoms with Crippen LogP contribution >= 0.6 is 15.9 Å². The van der Waals surface area contributed by atoms with Crippen molar-refractivity contribution >= 4 is 33.1 Å². The van der Waals surface area contributed by atoms with E-state index in [9.17, 15) is 4.79 Å². The Kier molecular flexibility index (Phi) is 4.65. The zero-order valence-electron chi connectivity index (χ0n) is 15.8. The highest BCUT2D eigenvalue weighted by Gasteiger charge is 2.43. The molecule has 3 saturated heterocycles. The summed E-state index contributed by atoms with van der Waals surface area (Å²) in [4.78, 5) is 22.0. The number of hydrogen-bond donors (Lipinski definition) is 1. The normalized spacial score (nSPS) is 25.0. The van der Waals surface area contributed by atoms with Gasteiger partial charge in [-0.25, -0.2) is 4.98 Å². The fourth-order valence-corrected chi connectivity index (χ4v) is 5.14. The number of piperazine rings is 1. The van der Waals surface area contributed by atoms with Crippen LogP contribution in [0, 0.1) is 0 Å². The number of ether oxygens (including phenoxy) is 1. The summed E-state index contributed by atoms with van der Waals surface area (Å²) < 4.78 is 7.77. The van der Waals surface area contributed by atoms with Crippen molar-refractivity contribution in [2.45, 2.75) is 31.0 Å². The van der Waals surface area contributed by atoms with Gasteiger partial charge >= 0.3 is 0 Å². The molecule has 0 aromatic carbocycles. The van der Waals surface area contributed by atoms with E-state index < -0.39 is 0 Å². The smallest absolute Gasteiger partial charge is 0.274 e. The molecule has 7 nitrogen and oxygen atoms in total. The van der Waals surface area contributed by atoms with Crippen LogP contribution in [0.25, 0.3) is 0 Å². The summed E-state index contributed by atoms with van der Waals surface area (Å²) in [5, 5.41) is 3.14. The molecule has 5 rings (SSSR count). The van der Waals surface area contributed by atoms with Crippen LogP contribution in [-0.2, 0) is 11.8 Å². The summed E-state index contributed by atoms with van der Waals surface area (Å²) in [6.07, 6.45) is 6.15. The molecule has 0 saturated carbocycles. The van der Waals surface area contributed by atoms with Gasteiger partial charge in [0.05, 0.1) is 31.1 Å². The molecule has 0 radical (unpaired) electrons. The number of aromatic nitrogens is 2. The van der Waals surface area contributed by atoms with E-state index in [4.69, 9.17) is 4.74 Å². The summed E-state index contributed by atoms with van der Waals surface area (Å²) in [7, 11) is 1.74. The number of nitrogens with zero attached hydrogens (tertiary/aromatic N) is 4. The number of pyridine rings is 2. The zero-order valence-corrected chi connectivity index (χ0v) is 17.4. The van der Waals surface area contributed by atoms with Gasteiger partial charge in [0.25, 0.3) is 5.56 Å². The number of hydrogen-bond acceptors (Lipinski definition) is 6. The second-order valence-electron chi connectivity index (χ2n) is 7.95. The van der Waals surface area contributed by atoms with E-state index in [1.54, 1.807) is 23.9 Å². The average Bonchev–Trinajstić information content (AvgIpc) is 2.89. The zero-order chi connectivity index (χ0) is 19.3. The molecule has 2 bridgehead atoms. The molecule has 3 aliphatic heterocycles. The third-order valence-corrected chi connectivity index (χ3v) is 6.54. The van der Waals surface area contributed by atoms with Gasteiger partial charge in [0.2, 0.25) is 0 Å². The molecule has 5 heterocycles. The van der Waals surface area contributed by atoms with Gasteiger partial charge in [0.15, 0.2) is 0 Å². The highest BCUT2D eigenvalue weighted by atomic mass is 79.9. The lowest BCUT2D eigenvalue weighted by Gasteiger charge is -2.47. The molecule has 8 heteroatoms. The monoisotopic (exact) mass is 445 g/mol. The first kappa shape index (κ1) is 18.1. The summed E-state index contributed by atoms with van der Waals surface area (Å²) >= 11 is 3.43. The minimum Gasteiger partial charge on any atom is -0.378 e. The molecule has 0 aliphatic carbocycles. The quantitative estimate of drug-likeness (QED) is 0.778. The van der Waals surface area contributed by atoms with Gasteiger partial charge in [0.1, 0.15) is 11.5 Å². The van der Waals surface area contributed by atoms with Crippen molar-refractivity contribution in [3.8, 4) is 0 Å². The Morgan fingerprint density at radius 3 is 2.54 bits per heavy atom. The molecule has 1 N–H and O–H groups in total. The van der Waals surface area contributed by atoms with Crippen LogP contribution in [0.15, 0.2) is 39.9 Å². The maximum atomic E-state index is 12.3. The lowest BCUT2D eigenvalue weighted by atomic mass is 10.1. The van der Waals surface area contributed by atoms with E-state index in [0.717, 1.165) is 30.8 Å².